The first-order valence-corrected chi connectivity index (χ1v) is 7.40. The summed E-state index contributed by atoms with van der Waals surface area (Å²) in [5.74, 6) is -0.0688. The summed E-state index contributed by atoms with van der Waals surface area (Å²) >= 11 is 3.78. The highest BCUT2D eigenvalue weighted by atomic mass is 127. The molecule has 0 aliphatic heterocycles. The molecule has 5 heteroatoms. The minimum absolute atomic E-state index is 0.0688. The van der Waals surface area contributed by atoms with Crippen LogP contribution < -0.4 is 11.1 Å². The van der Waals surface area contributed by atoms with E-state index in [1.165, 1.54) is 10.4 Å². The molecular formula is C13H13IN2OS. The topological polar surface area (TPSA) is 55.1 Å². The monoisotopic (exact) mass is 372 g/mol. The van der Waals surface area contributed by atoms with E-state index in [9.17, 15) is 4.79 Å². The molecule has 3 N–H and O–H groups in total. The summed E-state index contributed by atoms with van der Waals surface area (Å²) < 4.78 is 0.896. The van der Waals surface area contributed by atoms with Gasteiger partial charge in [0.15, 0.2) is 0 Å². The van der Waals surface area contributed by atoms with Gasteiger partial charge in [-0.1, -0.05) is 0 Å². The molecular weight excluding hydrogens is 359 g/mol. The third-order valence-electron chi connectivity index (χ3n) is 2.64. The average molecular weight is 372 g/mol. The Morgan fingerprint density at radius 3 is 2.83 bits per heavy atom. The molecule has 94 valence electrons. The van der Waals surface area contributed by atoms with Crippen LogP contribution in [0.2, 0.25) is 0 Å². The molecule has 0 spiro atoms. The second-order valence-corrected chi connectivity index (χ2v) is 6.11. The maximum atomic E-state index is 12.0. The zero-order chi connectivity index (χ0) is 13.1. The molecule has 1 aromatic carbocycles. The number of anilines is 1. The number of carbonyl (C=O) groups excluding carboxylic acids is 1. The van der Waals surface area contributed by atoms with E-state index in [0.717, 1.165) is 3.57 Å². The predicted molar refractivity (Wildman–Crippen MR) is 83.8 cm³/mol. The number of halogens is 1. The first-order chi connectivity index (χ1) is 8.58. The third-order valence-corrected chi connectivity index (χ3v) is 4.60. The van der Waals surface area contributed by atoms with Crippen LogP contribution >= 0.6 is 33.9 Å². The molecule has 0 aliphatic rings. The molecule has 0 bridgehead atoms. The number of hydrogen-bond donors (Lipinski definition) is 2. The Bertz CT molecular complexity index is 580. The van der Waals surface area contributed by atoms with E-state index in [2.05, 4.69) is 34.0 Å². The molecule has 0 radical (unpaired) electrons. The lowest BCUT2D eigenvalue weighted by Crippen LogP contribution is -2.22. The third kappa shape index (κ3) is 3.02. The fourth-order valence-corrected chi connectivity index (χ4v) is 2.88. The fourth-order valence-electron chi connectivity index (χ4n) is 1.52. The number of nitrogens with one attached hydrogen (secondary N) is 1. The molecule has 0 atom stereocenters. The van der Waals surface area contributed by atoms with Gasteiger partial charge in [0.2, 0.25) is 0 Å². The van der Waals surface area contributed by atoms with Crippen LogP contribution in [-0.4, -0.2) is 5.91 Å². The van der Waals surface area contributed by atoms with Crippen LogP contribution in [0.15, 0.2) is 29.6 Å². The first-order valence-electron chi connectivity index (χ1n) is 5.44. The number of amides is 1. The molecule has 0 fully saturated rings. The van der Waals surface area contributed by atoms with E-state index in [0.29, 0.717) is 17.8 Å². The molecule has 2 rings (SSSR count). The highest BCUT2D eigenvalue weighted by molar-refractivity contribution is 14.1. The summed E-state index contributed by atoms with van der Waals surface area (Å²) in [6, 6.07) is 7.35. The minimum Gasteiger partial charge on any atom is -0.398 e. The van der Waals surface area contributed by atoms with Gasteiger partial charge < -0.3 is 11.1 Å². The molecule has 0 saturated carbocycles. The second-order valence-electron chi connectivity index (χ2n) is 3.95. The number of nitrogen functional groups attached to an aromatic ring is 1. The van der Waals surface area contributed by atoms with Crippen molar-refractivity contribution in [1.29, 1.82) is 0 Å². The maximum absolute atomic E-state index is 12.0. The van der Waals surface area contributed by atoms with E-state index < -0.39 is 0 Å². The molecule has 0 aliphatic carbocycles. The SMILES string of the molecule is Cc1ccsc1CNC(=O)c1ccc(N)c(I)c1. The Kier molecular flexibility index (Phi) is 4.23. The van der Waals surface area contributed by atoms with E-state index in [1.54, 1.807) is 29.5 Å². The van der Waals surface area contributed by atoms with Gasteiger partial charge in [-0.05, 0) is 64.7 Å². The van der Waals surface area contributed by atoms with Gasteiger partial charge >= 0.3 is 0 Å². The van der Waals surface area contributed by atoms with Crippen LogP contribution in [0, 0.1) is 10.5 Å². The van der Waals surface area contributed by atoms with Crippen LogP contribution in [-0.2, 0) is 6.54 Å². The van der Waals surface area contributed by atoms with Crippen molar-refractivity contribution < 1.29 is 4.79 Å². The number of aryl methyl sites for hydroxylation is 1. The number of nitrogens with two attached hydrogens (primary N) is 1. The van der Waals surface area contributed by atoms with E-state index in [4.69, 9.17) is 5.73 Å². The first kappa shape index (κ1) is 13.4. The van der Waals surface area contributed by atoms with E-state index >= 15 is 0 Å². The Morgan fingerprint density at radius 1 is 1.44 bits per heavy atom. The van der Waals surface area contributed by atoms with E-state index in [-0.39, 0.29) is 5.91 Å². The van der Waals surface area contributed by atoms with Crippen molar-refractivity contribution in [2.45, 2.75) is 13.5 Å². The molecule has 2 aromatic rings. The lowest BCUT2D eigenvalue weighted by molar-refractivity contribution is 0.0951. The van der Waals surface area contributed by atoms with Gasteiger partial charge in [-0.3, -0.25) is 4.79 Å². The van der Waals surface area contributed by atoms with Gasteiger partial charge in [0.05, 0.1) is 6.54 Å². The smallest absolute Gasteiger partial charge is 0.251 e. The summed E-state index contributed by atoms with van der Waals surface area (Å²) in [6.07, 6.45) is 0. The largest absolute Gasteiger partial charge is 0.398 e. The summed E-state index contributed by atoms with van der Waals surface area (Å²) in [5, 5.41) is 4.95. The van der Waals surface area contributed by atoms with Crippen molar-refractivity contribution in [3.05, 3.63) is 49.2 Å². The molecule has 18 heavy (non-hydrogen) atoms. The Balaban J connectivity index is 2.04. The molecule has 1 heterocycles. The molecule has 3 nitrogen and oxygen atoms in total. The Hall–Kier alpha value is -1.08. The van der Waals surface area contributed by atoms with Crippen molar-refractivity contribution in [1.82, 2.24) is 5.32 Å². The van der Waals surface area contributed by atoms with Gasteiger partial charge in [0.25, 0.3) is 5.91 Å². The molecule has 1 aromatic heterocycles. The zero-order valence-corrected chi connectivity index (χ0v) is 12.8. The predicted octanol–water partition coefficient (Wildman–Crippen LogP) is 3.17. The zero-order valence-electron chi connectivity index (χ0n) is 9.87. The summed E-state index contributed by atoms with van der Waals surface area (Å²) in [4.78, 5) is 13.2. The standard InChI is InChI=1S/C13H13IN2OS/c1-8-4-5-18-12(8)7-16-13(17)9-2-3-11(15)10(14)6-9/h2-6H,7,15H2,1H3,(H,16,17). The van der Waals surface area contributed by atoms with Crippen LogP contribution in [0.25, 0.3) is 0 Å². The quantitative estimate of drug-likeness (QED) is 0.643. The fraction of sp³-hybridized carbons (Fsp3) is 0.154. The Labute approximate surface area is 124 Å². The normalized spacial score (nSPS) is 10.3. The van der Waals surface area contributed by atoms with Crippen molar-refractivity contribution in [2.75, 3.05) is 5.73 Å². The summed E-state index contributed by atoms with van der Waals surface area (Å²) in [5.41, 5.74) is 8.27. The lowest BCUT2D eigenvalue weighted by atomic mass is 10.2. The number of benzene rings is 1. The minimum atomic E-state index is -0.0688. The van der Waals surface area contributed by atoms with Crippen molar-refractivity contribution in [3.63, 3.8) is 0 Å². The number of rotatable bonds is 3. The van der Waals surface area contributed by atoms with Gasteiger partial charge in [-0.25, -0.2) is 0 Å². The lowest BCUT2D eigenvalue weighted by Gasteiger charge is -2.06. The number of carbonyl (C=O) groups is 1. The average Bonchev–Trinajstić information content (AvgIpc) is 2.75. The van der Waals surface area contributed by atoms with Crippen LogP contribution in [0.4, 0.5) is 5.69 Å². The molecule has 0 saturated heterocycles. The van der Waals surface area contributed by atoms with Gasteiger partial charge in [-0.15, -0.1) is 11.3 Å². The summed E-state index contributed by atoms with van der Waals surface area (Å²) in [7, 11) is 0. The van der Waals surface area contributed by atoms with Gasteiger partial charge in [-0.2, -0.15) is 0 Å². The van der Waals surface area contributed by atoms with Crippen molar-refractivity contribution in [3.8, 4) is 0 Å². The van der Waals surface area contributed by atoms with Crippen molar-refractivity contribution in [2.24, 2.45) is 0 Å². The number of hydrogen-bond acceptors (Lipinski definition) is 3. The second kappa shape index (κ2) is 5.71. The van der Waals surface area contributed by atoms with Crippen LogP contribution in [0.5, 0.6) is 0 Å². The number of thiophene rings is 1. The molecule has 1 amide bonds. The van der Waals surface area contributed by atoms with Gasteiger partial charge in [0.1, 0.15) is 0 Å². The Morgan fingerprint density at radius 2 is 2.22 bits per heavy atom. The van der Waals surface area contributed by atoms with Crippen molar-refractivity contribution >= 4 is 45.5 Å². The highest BCUT2D eigenvalue weighted by Gasteiger charge is 2.08. The highest BCUT2D eigenvalue weighted by Crippen LogP contribution is 2.17. The van der Waals surface area contributed by atoms with E-state index in [1.807, 2.05) is 12.3 Å². The maximum Gasteiger partial charge on any atom is 0.251 e. The summed E-state index contributed by atoms with van der Waals surface area (Å²) in [6.45, 7) is 2.62. The van der Waals surface area contributed by atoms with Gasteiger partial charge in [0, 0.05) is 19.7 Å². The van der Waals surface area contributed by atoms with Crippen LogP contribution in [0.3, 0.4) is 0 Å². The molecule has 0 unspecified atom stereocenters. The van der Waals surface area contributed by atoms with Crippen LogP contribution in [0.1, 0.15) is 20.8 Å².